The third-order valence-electron chi connectivity index (χ3n) is 1.92. The lowest BCUT2D eigenvalue weighted by Crippen LogP contribution is -2.36. The zero-order valence-electron chi connectivity index (χ0n) is 9.60. The number of nitrogens with zero attached hydrogens (tertiary/aromatic N) is 1. The molecule has 0 radical (unpaired) electrons. The molecule has 0 bridgehead atoms. The molecule has 0 spiro atoms. The second kappa shape index (κ2) is 7.34. The fraction of sp³-hybridized carbons (Fsp3) is 0.364. The number of hydrogen-bond donors (Lipinski definition) is 2. The lowest BCUT2D eigenvalue weighted by atomic mass is 10.4. The van der Waals surface area contributed by atoms with Crippen LogP contribution in [0.2, 0.25) is 0 Å². The molecule has 17 heavy (non-hydrogen) atoms. The first-order chi connectivity index (χ1) is 8.24. The third kappa shape index (κ3) is 5.07. The number of carbonyl (C=O) groups is 2. The minimum absolute atomic E-state index is 0.351. The Labute approximate surface area is 99.4 Å². The molecule has 0 aliphatic rings. The number of hydrogen-bond acceptors (Lipinski definition) is 4. The average molecular weight is 237 g/mol. The predicted octanol–water partition coefficient (Wildman–Crippen LogP) is 0.173. The first-order valence-electron chi connectivity index (χ1n) is 5.23. The molecule has 0 aromatic carbocycles. The Kier molecular flexibility index (Phi) is 5.67. The van der Waals surface area contributed by atoms with E-state index >= 15 is 0 Å². The predicted molar refractivity (Wildman–Crippen MR) is 62.4 cm³/mol. The van der Waals surface area contributed by atoms with Gasteiger partial charge in [0.15, 0.2) is 0 Å². The van der Waals surface area contributed by atoms with Crippen molar-refractivity contribution in [2.45, 2.75) is 6.42 Å². The van der Waals surface area contributed by atoms with Crippen molar-refractivity contribution in [2.75, 3.05) is 25.6 Å². The van der Waals surface area contributed by atoms with E-state index in [2.05, 4.69) is 15.6 Å². The van der Waals surface area contributed by atoms with E-state index in [4.69, 9.17) is 4.74 Å². The van der Waals surface area contributed by atoms with Crippen LogP contribution in [-0.4, -0.2) is 37.1 Å². The number of carbonyl (C=O) groups excluding carboxylic acids is 2. The average Bonchev–Trinajstić information content (AvgIpc) is 2.35. The van der Waals surface area contributed by atoms with Gasteiger partial charge in [-0.3, -0.25) is 9.59 Å². The summed E-state index contributed by atoms with van der Waals surface area (Å²) in [6, 6.07) is 5.05. The van der Waals surface area contributed by atoms with Gasteiger partial charge in [-0.1, -0.05) is 6.07 Å². The molecule has 6 nitrogen and oxygen atoms in total. The largest absolute Gasteiger partial charge is 0.385 e. The Morgan fingerprint density at radius 2 is 2.18 bits per heavy atom. The summed E-state index contributed by atoms with van der Waals surface area (Å²) in [6.07, 6.45) is 2.20. The van der Waals surface area contributed by atoms with Crippen LogP contribution in [0.1, 0.15) is 6.42 Å². The van der Waals surface area contributed by atoms with Gasteiger partial charge in [0.05, 0.1) is 0 Å². The molecule has 0 saturated heterocycles. The van der Waals surface area contributed by atoms with Crippen molar-refractivity contribution in [2.24, 2.45) is 0 Å². The van der Waals surface area contributed by atoms with E-state index in [1.807, 2.05) is 0 Å². The van der Waals surface area contributed by atoms with Gasteiger partial charge in [0.1, 0.15) is 5.82 Å². The summed E-state index contributed by atoms with van der Waals surface area (Å²) in [7, 11) is 1.58. The smallest absolute Gasteiger partial charge is 0.314 e. The fourth-order valence-electron chi connectivity index (χ4n) is 1.11. The number of anilines is 1. The number of aromatic nitrogens is 1. The van der Waals surface area contributed by atoms with Crippen molar-refractivity contribution in [3.8, 4) is 0 Å². The molecular weight excluding hydrogens is 222 g/mol. The topological polar surface area (TPSA) is 80.3 Å². The highest BCUT2D eigenvalue weighted by Gasteiger charge is 2.12. The van der Waals surface area contributed by atoms with Gasteiger partial charge in [-0.15, -0.1) is 0 Å². The number of ether oxygens (including phenoxy) is 1. The third-order valence-corrected chi connectivity index (χ3v) is 1.92. The number of pyridine rings is 1. The van der Waals surface area contributed by atoms with Crippen LogP contribution in [0, 0.1) is 0 Å². The van der Waals surface area contributed by atoms with Gasteiger partial charge in [0.25, 0.3) is 0 Å². The zero-order chi connectivity index (χ0) is 12.5. The summed E-state index contributed by atoms with van der Waals surface area (Å²) in [5, 5.41) is 4.87. The van der Waals surface area contributed by atoms with Crippen LogP contribution in [0.25, 0.3) is 0 Å². The van der Waals surface area contributed by atoms with Crippen LogP contribution in [0.3, 0.4) is 0 Å². The van der Waals surface area contributed by atoms with E-state index in [0.29, 0.717) is 25.4 Å². The van der Waals surface area contributed by atoms with Crippen LogP contribution in [0.15, 0.2) is 24.4 Å². The van der Waals surface area contributed by atoms with Crippen LogP contribution >= 0.6 is 0 Å². The molecule has 0 aliphatic carbocycles. The first-order valence-corrected chi connectivity index (χ1v) is 5.23. The van der Waals surface area contributed by atoms with Crippen molar-refractivity contribution < 1.29 is 14.3 Å². The Morgan fingerprint density at radius 1 is 1.35 bits per heavy atom. The highest BCUT2D eigenvalue weighted by atomic mass is 16.5. The Morgan fingerprint density at radius 3 is 2.82 bits per heavy atom. The maximum absolute atomic E-state index is 11.4. The standard InChI is InChI=1S/C11H15N3O3/c1-17-8-4-7-13-10(15)11(16)14-9-5-2-3-6-12-9/h2-3,5-6H,4,7-8H2,1H3,(H,13,15)(H,12,14,16). The SMILES string of the molecule is COCCCNC(=O)C(=O)Nc1ccccn1. The summed E-state index contributed by atoms with van der Waals surface area (Å²) < 4.78 is 4.82. The molecule has 2 amide bonds. The summed E-state index contributed by atoms with van der Waals surface area (Å²) in [6.45, 7) is 0.949. The lowest BCUT2D eigenvalue weighted by Gasteiger charge is -2.05. The van der Waals surface area contributed by atoms with E-state index in [0.717, 1.165) is 0 Å². The minimum atomic E-state index is -0.721. The molecular formula is C11H15N3O3. The Balaban J connectivity index is 2.30. The van der Waals surface area contributed by atoms with Crippen LogP contribution in [0.5, 0.6) is 0 Å². The molecule has 2 N–H and O–H groups in total. The van der Waals surface area contributed by atoms with E-state index in [9.17, 15) is 9.59 Å². The summed E-state index contributed by atoms with van der Waals surface area (Å²) >= 11 is 0. The molecule has 92 valence electrons. The van der Waals surface area contributed by atoms with Crippen molar-refractivity contribution >= 4 is 17.6 Å². The molecule has 1 heterocycles. The second-order valence-corrected chi connectivity index (χ2v) is 3.27. The normalized spacial score (nSPS) is 9.71. The summed E-state index contributed by atoms with van der Waals surface area (Å²) in [5.41, 5.74) is 0. The molecule has 1 rings (SSSR count). The summed E-state index contributed by atoms with van der Waals surface area (Å²) in [4.78, 5) is 26.6. The molecule has 0 saturated carbocycles. The van der Waals surface area contributed by atoms with Crippen molar-refractivity contribution in [1.82, 2.24) is 10.3 Å². The minimum Gasteiger partial charge on any atom is -0.385 e. The van der Waals surface area contributed by atoms with Crippen molar-refractivity contribution in [3.63, 3.8) is 0 Å². The van der Waals surface area contributed by atoms with Gasteiger partial charge in [-0.05, 0) is 18.6 Å². The highest BCUT2D eigenvalue weighted by molar-refractivity contribution is 6.39. The number of methoxy groups -OCH3 is 1. The molecule has 0 fully saturated rings. The van der Waals surface area contributed by atoms with Gasteiger partial charge in [-0.25, -0.2) is 4.98 Å². The number of rotatable bonds is 5. The Hall–Kier alpha value is -1.95. The van der Waals surface area contributed by atoms with E-state index in [1.54, 1.807) is 25.3 Å². The monoisotopic (exact) mass is 237 g/mol. The maximum atomic E-state index is 11.4. The van der Waals surface area contributed by atoms with Gasteiger partial charge in [0.2, 0.25) is 0 Å². The van der Waals surface area contributed by atoms with Crippen LogP contribution in [0.4, 0.5) is 5.82 Å². The molecule has 1 aromatic heterocycles. The number of amides is 2. The van der Waals surface area contributed by atoms with Gasteiger partial charge in [-0.2, -0.15) is 0 Å². The Bertz CT molecular complexity index is 367. The number of nitrogens with one attached hydrogen (secondary N) is 2. The molecule has 0 unspecified atom stereocenters. The quantitative estimate of drug-likeness (QED) is 0.565. The van der Waals surface area contributed by atoms with E-state index in [-0.39, 0.29) is 0 Å². The molecule has 0 atom stereocenters. The second-order valence-electron chi connectivity index (χ2n) is 3.27. The maximum Gasteiger partial charge on any atom is 0.314 e. The fourth-order valence-corrected chi connectivity index (χ4v) is 1.11. The van der Waals surface area contributed by atoms with Crippen LogP contribution < -0.4 is 10.6 Å². The van der Waals surface area contributed by atoms with E-state index < -0.39 is 11.8 Å². The molecule has 6 heteroatoms. The first kappa shape index (κ1) is 13.1. The molecule has 1 aromatic rings. The highest BCUT2D eigenvalue weighted by Crippen LogP contribution is 1.98. The lowest BCUT2D eigenvalue weighted by molar-refractivity contribution is -0.136. The molecule has 0 aliphatic heterocycles. The zero-order valence-corrected chi connectivity index (χ0v) is 9.60. The van der Waals surface area contributed by atoms with Gasteiger partial charge >= 0.3 is 11.8 Å². The summed E-state index contributed by atoms with van der Waals surface area (Å²) in [5.74, 6) is -1.04. The van der Waals surface area contributed by atoms with Crippen molar-refractivity contribution in [1.29, 1.82) is 0 Å². The van der Waals surface area contributed by atoms with Gasteiger partial charge in [0, 0.05) is 26.5 Å². The van der Waals surface area contributed by atoms with Crippen LogP contribution in [-0.2, 0) is 14.3 Å². The van der Waals surface area contributed by atoms with E-state index in [1.165, 1.54) is 6.20 Å². The van der Waals surface area contributed by atoms with Gasteiger partial charge < -0.3 is 15.4 Å². The van der Waals surface area contributed by atoms with Crippen molar-refractivity contribution in [3.05, 3.63) is 24.4 Å².